The Hall–Kier alpha value is -10.5. The average molecular weight is 1270 g/mol. The van der Waals surface area contributed by atoms with Gasteiger partial charge in [-0.25, -0.2) is 0 Å². The zero-order valence-electron chi connectivity index (χ0n) is 58.0. The molecule has 0 amide bonds. The summed E-state index contributed by atoms with van der Waals surface area (Å²) >= 11 is 0. The summed E-state index contributed by atoms with van der Waals surface area (Å²) in [6.07, 6.45) is 12.4. The maximum atomic E-state index is 2.48. The van der Waals surface area contributed by atoms with Crippen LogP contribution in [0, 0.1) is 0 Å². The third kappa shape index (κ3) is 13.6. The lowest BCUT2D eigenvalue weighted by atomic mass is 9.78. The molecule has 0 atom stereocenters. The van der Waals surface area contributed by atoms with E-state index in [2.05, 4.69) is 367 Å². The summed E-state index contributed by atoms with van der Waals surface area (Å²) in [5, 5.41) is 7.12. The molecule has 0 heterocycles. The maximum absolute atomic E-state index is 2.48. The second kappa shape index (κ2) is 29.0. The minimum atomic E-state index is -0.123. The fourth-order valence-corrected chi connectivity index (χ4v) is 14.8. The van der Waals surface area contributed by atoms with E-state index in [-0.39, 0.29) is 10.8 Å². The Morgan fingerprint density at radius 1 is 0.224 bits per heavy atom. The Bertz CT molecular complexity index is 4630. The zero-order valence-corrected chi connectivity index (χ0v) is 58.0. The van der Waals surface area contributed by atoms with E-state index in [0.29, 0.717) is 0 Å². The predicted octanol–water partition coefficient (Wildman–Crippen LogP) is 27.7. The van der Waals surface area contributed by atoms with Crippen LogP contribution in [0.15, 0.2) is 315 Å². The summed E-state index contributed by atoms with van der Waals surface area (Å²) in [5.41, 5.74) is 24.0. The van der Waals surface area contributed by atoms with Crippen molar-refractivity contribution >= 4 is 66.4 Å². The Morgan fingerprint density at radius 3 is 0.755 bits per heavy atom. The second-order valence-corrected chi connectivity index (χ2v) is 28.0. The summed E-state index contributed by atoms with van der Waals surface area (Å²) in [6.45, 7) is 13.8. The second-order valence-electron chi connectivity index (χ2n) is 28.0. The van der Waals surface area contributed by atoms with Gasteiger partial charge >= 0.3 is 0 Å². The lowest BCUT2D eigenvalue weighted by molar-refractivity contribution is 0.641. The Morgan fingerprint density at radius 2 is 0.469 bits per heavy atom. The molecular formula is C96H90N2. The first kappa shape index (κ1) is 64.8. The van der Waals surface area contributed by atoms with Crippen molar-refractivity contribution < 1.29 is 0 Å². The van der Waals surface area contributed by atoms with Gasteiger partial charge in [0, 0.05) is 44.4 Å². The maximum Gasteiger partial charge on any atom is 0.0546 e. The summed E-state index contributed by atoms with van der Waals surface area (Å²) in [5.74, 6) is 0. The van der Waals surface area contributed by atoms with Crippen molar-refractivity contribution in [1.29, 1.82) is 0 Å². The van der Waals surface area contributed by atoms with Crippen LogP contribution in [0.3, 0.4) is 0 Å². The van der Waals surface area contributed by atoms with Gasteiger partial charge < -0.3 is 9.80 Å². The van der Waals surface area contributed by atoms with Crippen molar-refractivity contribution in [2.24, 2.45) is 0 Å². The molecule has 0 bridgehead atoms. The van der Waals surface area contributed by atoms with Gasteiger partial charge in [-0.2, -0.15) is 0 Å². The quantitative estimate of drug-likeness (QED) is 0.0439. The average Bonchev–Trinajstić information content (AvgIpc) is 0.726. The van der Waals surface area contributed by atoms with Crippen molar-refractivity contribution in [3.05, 3.63) is 349 Å². The molecule has 0 spiro atoms. The standard InChI is InChI=1S/C96H90N2/c1-7-9-11-15-25-69-35-39-71(40-36-69)75-47-59-83(60-48-75)97(85-63-51-77(52-64-85)73-43-55-81(56-44-73)95(3,4)79-27-17-13-18-28-79)93-67-91-88-32-22-24-34-90(88)94(68-92(91)87-31-21-23-33-89(87)93)98(84-61-49-76(50-62-84)72-41-37-70(38-42-72)26-16-12-10-8-2)86-65-53-78(54-66-86)74-45-57-82(58-46-74)96(5,6)80-29-19-14-20-30-80/h13-14,17-24,27-68H,7-12,15-16,25-26H2,1-6H3. The molecule has 0 N–H and O–H groups in total. The van der Waals surface area contributed by atoms with E-state index in [1.165, 1.54) is 162 Å². The van der Waals surface area contributed by atoms with E-state index < -0.39 is 0 Å². The van der Waals surface area contributed by atoms with Gasteiger partial charge in [0.15, 0.2) is 0 Å². The van der Waals surface area contributed by atoms with E-state index in [1.54, 1.807) is 0 Å². The first-order chi connectivity index (χ1) is 48.0. The van der Waals surface area contributed by atoms with Crippen LogP contribution in [0.25, 0.3) is 76.8 Å². The molecule has 0 aromatic heterocycles. The van der Waals surface area contributed by atoms with E-state index >= 15 is 0 Å². The van der Waals surface area contributed by atoms with Crippen molar-refractivity contribution in [2.45, 2.75) is 117 Å². The van der Waals surface area contributed by atoms with Gasteiger partial charge in [0.25, 0.3) is 0 Å². The summed E-state index contributed by atoms with van der Waals surface area (Å²) in [4.78, 5) is 4.97. The fourth-order valence-electron chi connectivity index (χ4n) is 14.8. The normalized spacial score (nSPS) is 11.8. The van der Waals surface area contributed by atoms with Crippen molar-refractivity contribution in [1.82, 2.24) is 0 Å². The molecule has 14 aromatic carbocycles. The molecule has 2 heteroatoms. The highest BCUT2D eigenvalue weighted by molar-refractivity contribution is 6.24. The molecule has 0 unspecified atom stereocenters. The zero-order chi connectivity index (χ0) is 67.0. The lowest BCUT2D eigenvalue weighted by Crippen LogP contribution is -2.18. The van der Waals surface area contributed by atoms with E-state index in [9.17, 15) is 0 Å². The van der Waals surface area contributed by atoms with Crippen molar-refractivity contribution in [2.75, 3.05) is 9.80 Å². The van der Waals surface area contributed by atoms with Crippen molar-refractivity contribution in [3.63, 3.8) is 0 Å². The number of rotatable bonds is 24. The highest BCUT2D eigenvalue weighted by Gasteiger charge is 2.26. The van der Waals surface area contributed by atoms with Crippen LogP contribution in [0.5, 0.6) is 0 Å². The van der Waals surface area contributed by atoms with Crippen LogP contribution in [0.4, 0.5) is 34.1 Å². The van der Waals surface area contributed by atoms with Crippen LogP contribution in [0.2, 0.25) is 0 Å². The van der Waals surface area contributed by atoms with Gasteiger partial charge in [0.05, 0.1) is 11.4 Å². The van der Waals surface area contributed by atoms with Gasteiger partial charge in [0.2, 0.25) is 0 Å². The number of benzene rings is 14. The molecule has 14 aromatic rings. The van der Waals surface area contributed by atoms with Crippen LogP contribution < -0.4 is 9.80 Å². The lowest BCUT2D eigenvalue weighted by Gasteiger charge is -2.30. The molecule has 0 radical (unpaired) electrons. The van der Waals surface area contributed by atoms with Crippen LogP contribution in [0.1, 0.15) is 126 Å². The molecule has 0 saturated heterocycles. The molecule has 484 valence electrons. The first-order valence-electron chi connectivity index (χ1n) is 35.9. The Kier molecular flexibility index (Phi) is 19.2. The predicted molar refractivity (Wildman–Crippen MR) is 423 cm³/mol. The fraction of sp³-hybridized carbons (Fsp3) is 0.188. The SMILES string of the molecule is CCCCCCc1ccc(-c2ccc(N(c3ccc(-c4ccc(C(C)(C)c5ccccc5)cc4)cc3)c3cc4c5ccccc5c(N(c5ccc(-c6ccc(CCCCCC)cc6)cc5)c5ccc(-c6ccc(C(C)(C)c7ccccc7)cc6)cc5)cc4c4ccccc34)cc2)cc1. The molecule has 98 heavy (non-hydrogen) atoms. The summed E-state index contributed by atoms with van der Waals surface area (Å²) < 4.78 is 0. The molecule has 0 fully saturated rings. The van der Waals surface area contributed by atoms with Crippen LogP contribution in [-0.4, -0.2) is 0 Å². The van der Waals surface area contributed by atoms with Gasteiger partial charge in [-0.3, -0.25) is 0 Å². The number of nitrogens with zero attached hydrogens (tertiary/aromatic N) is 2. The number of hydrogen-bond donors (Lipinski definition) is 0. The number of anilines is 6. The summed E-state index contributed by atoms with van der Waals surface area (Å²) in [7, 11) is 0. The van der Waals surface area contributed by atoms with Crippen LogP contribution >= 0.6 is 0 Å². The van der Waals surface area contributed by atoms with Gasteiger partial charge in [0.1, 0.15) is 0 Å². The number of hydrogen-bond acceptors (Lipinski definition) is 2. The van der Waals surface area contributed by atoms with Crippen molar-refractivity contribution in [3.8, 4) is 44.5 Å². The van der Waals surface area contributed by atoms with E-state index in [0.717, 1.165) is 47.0 Å². The van der Waals surface area contributed by atoms with Gasteiger partial charge in [-0.1, -0.05) is 335 Å². The van der Waals surface area contributed by atoms with Gasteiger partial charge in [-0.05, 0) is 186 Å². The third-order valence-corrected chi connectivity index (χ3v) is 20.9. The molecular weight excluding hydrogens is 1180 g/mol. The van der Waals surface area contributed by atoms with E-state index in [4.69, 9.17) is 0 Å². The first-order valence-corrected chi connectivity index (χ1v) is 35.9. The smallest absolute Gasteiger partial charge is 0.0546 e. The molecule has 14 rings (SSSR count). The highest BCUT2D eigenvalue weighted by atomic mass is 15.2. The largest absolute Gasteiger partial charge is 0.310 e. The Balaban J connectivity index is 0.874. The third-order valence-electron chi connectivity index (χ3n) is 20.9. The minimum Gasteiger partial charge on any atom is -0.310 e. The topological polar surface area (TPSA) is 6.48 Å². The highest BCUT2D eigenvalue weighted by Crippen LogP contribution is 2.49. The molecule has 0 aliphatic heterocycles. The van der Waals surface area contributed by atoms with Gasteiger partial charge in [-0.15, -0.1) is 0 Å². The van der Waals surface area contributed by atoms with E-state index in [1.807, 2.05) is 0 Å². The Labute approximate surface area is 582 Å². The summed E-state index contributed by atoms with van der Waals surface area (Å²) in [6, 6.07) is 119. The molecule has 0 aliphatic carbocycles. The molecule has 2 nitrogen and oxygen atoms in total. The monoisotopic (exact) mass is 1270 g/mol. The minimum absolute atomic E-state index is 0.123. The number of aryl methyl sites for hydroxylation is 2. The molecule has 0 aliphatic rings. The van der Waals surface area contributed by atoms with Crippen LogP contribution in [-0.2, 0) is 23.7 Å². The number of fused-ring (bicyclic) bond motifs is 5. The molecule has 0 saturated carbocycles. The number of unbranched alkanes of at least 4 members (excludes halogenated alkanes) is 6.